The number of carboxylic acid groups (broad SMARTS) is 1. The van der Waals surface area contributed by atoms with Gasteiger partial charge in [0.1, 0.15) is 18.1 Å². The molecular formula is C25H38N6O6. The number of carbonyl (C=O) groups is 5. The molecule has 1 fully saturated rings. The molecule has 1 aromatic carbocycles. The Morgan fingerprint density at radius 3 is 2.35 bits per heavy atom. The van der Waals surface area contributed by atoms with Crippen molar-refractivity contribution in [2.45, 2.75) is 75.5 Å². The Balaban J connectivity index is 2.09. The first-order valence-corrected chi connectivity index (χ1v) is 12.6. The minimum Gasteiger partial charge on any atom is -0.480 e. The molecular weight excluding hydrogens is 480 g/mol. The molecule has 1 heterocycles. The van der Waals surface area contributed by atoms with Crippen LogP contribution in [0.1, 0.15) is 50.5 Å². The van der Waals surface area contributed by atoms with Crippen LogP contribution in [-0.2, 0) is 30.4 Å². The molecule has 0 bridgehead atoms. The highest BCUT2D eigenvalue weighted by Gasteiger charge is 2.39. The Hall–Kier alpha value is -3.51. The maximum atomic E-state index is 13.4. The normalized spacial score (nSPS) is 17.5. The summed E-state index contributed by atoms with van der Waals surface area (Å²) in [5, 5.41) is 14.6. The highest BCUT2D eigenvalue weighted by molar-refractivity contribution is 5.94. The predicted octanol–water partition coefficient (Wildman–Crippen LogP) is -1.00. The lowest BCUT2D eigenvalue weighted by Gasteiger charge is -2.30. The summed E-state index contributed by atoms with van der Waals surface area (Å²) in [5.41, 5.74) is 17.6. The number of likely N-dealkylation sites (tertiary alicyclic amines) is 1. The molecule has 0 aromatic heterocycles. The van der Waals surface area contributed by atoms with Gasteiger partial charge in [-0.05, 0) is 57.1 Å². The minimum absolute atomic E-state index is 0.0559. The van der Waals surface area contributed by atoms with Crippen molar-refractivity contribution in [3.05, 3.63) is 35.9 Å². The van der Waals surface area contributed by atoms with E-state index in [0.29, 0.717) is 32.2 Å². The quantitative estimate of drug-likeness (QED) is 0.158. The van der Waals surface area contributed by atoms with E-state index < -0.39 is 53.8 Å². The zero-order chi connectivity index (χ0) is 27.4. The molecule has 1 aliphatic heterocycles. The Bertz CT molecular complexity index is 943. The lowest BCUT2D eigenvalue weighted by atomic mass is 10.0. The van der Waals surface area contributed by atoms with Crippen LogP contribution in [0.4, 0.5) is 0 Å². The number of hydrogen-bond acceptors (Lipinski definition) is 7. The third-order valence-corrected chi connectivity index (χ3v) is 6.33. The number of unbranched alkanes of at least 4 members (excludes halogenated alkanes) is 1. The van der Waals surface area contributed by atoms with Gasteiger partial charge in [0.15, 0.2) is 0 Å². The van der Waals surface area contributed by atoms with Crippen LogP contribution >= 0.6 is 0 Å². The average Bonchev–Trinajstić information content (AvgIpc) is 3.36. The Kier molecular flexibility index (Phi) is 12.0. The minimum atomic E-state index is -1.17. The van der Waals surface area contributed by atoms with Crippen molar-refractivity contribution in [2.24, 2.45) is 17.2 Å². The number of nitrogens with two attached hydrogens (primary N) is 3. The predicted molar refractivity (Wildman–Crippen MR) is 136 cm³/mol. The molecule has 1 saturated heterocycles. The average molecular weight is 519 g/mol. The van der Waals surface area contributed by atoms with E-state index in [1.54, 1.807) is 0 Å². The SMILES string of the molecule is NCCCCC(NC(=O)C1CCCN1C(=O)C(CCC(N)=O)NC(=O)C(N)Cc1ccccc1)C(=O)O. The van der Waals surface area contributed by atoms with E-state index in [1.807, 2.05) is 30.3 Å². The largest absolute Gasteiger partial charge is 0.480 e. The first-order valence-electron chi connectivity index (χ1n) is 12.6. The first-order chi connectivity index (χ1) is 17.6. The number of aliphatic carboxylic acids is 1. The van der Waals surface area contributed by atoms with Crippen LogP contribution in [0.2, 0.25) is 0 Å². The molecule has 4 atom stereocenters. The van der Waals surface area contributed by atoms with Gasteiger partial charge in [-0.15, -0.1) is 0 Å². The number of benzene rings is 1. The van der Waals surface area contributed by atoms with Crippen molar-refractivity contribution in [3.63, 3.8) is 0 Å². The number of rotatable bonds is 15. The Morgan fingerprint density at radius 2 is 1.73 bits per heavy atom. The van der Waals surface area contributed by atoms with E-state index in [1.165, 1.54) is 4.90 Å². The van der Waals surface area contributed by atoms with Gasteiger partial charge in [-0.1, -0.05) is 30.3 Å². The van der Waals surface area contributed by atoms with E-state index in [-0.39, 0.29) is 32.2 Å². The van der Waals surface area contributed by atoms with Crippen LogP contribution in [0, 0.1) is 0 Å². The van der Waals surface area contributed by atoms with Gasteiger partial charge in [0.2, 0.25) is 23.6 Å². The van der Waals surface area contributed by atoms with Crippen LogP contribution in [0.5, 0.6) is 0 Å². The molecule has 0 radical (unpaired) electrons. The number of amides is 4. The van der Waals surface area contributed by atoms with Crippen molar-refractivity contribution in [1.82, 2.24) is 15.5 Å². The monoisotopic (exact) mass is 518 g/mol. The number of nitrogens with zero attached hydrogens (tertiary/aromatic N) is 1. The number of hydrogen-bond donors (Lipinski definition) is 6. The lowest BCUT2D eigenvalue weighted by molar-refractivity contribution is -0.145. The number of carboxylic acids is 1. The zero-order valence-electron chi connectivity index (χ0n) is 20.9. The summed E-state index contributed by atoms with van der Waals surface area (Å²) >= 11 is 0. The molecule has 37 heavy (non-hydrogen) atoms. The van der Waals surface area contributed by atoms with Crippen molar-refractivity contribution >= 4 is 29.6 Å². The van der Waals surface area contributed by atoms with Gasteiger partial charge in [0.25, 0.3) is 0 Å². The van der Waals surface area contributed by atoms with Crippen LogP contribution < -0.4 is 27.8 Å². The van der Waals surface area contributed by atoms with Gasteiger partial charge in [0.05, 0.1) is 6.04 Å². The summed E-state index contributed by atoms with van der Waals surface area (Å²) < 4.78 is 0. The molecule has 12 heteroatoms. The summed E-state index contributed by atoms with van der Waals surface area (Å²) in [6.45, 7) is 0.666. The smallest absolute Gasteiger partial charge is 0.326 e. The molecule has 12 nitrogen and oxygen atoms in total. The van der Waals surface area contributed by atoms with Crippen LogP contribution in [0.3, 0.4) is 0 Å². The maximum absolute atomic E-state index is 13.4. The Labute approximate surface area is 216 Å². The fourth-order valence-electron chi connectivity index (χ4n) is 4.30. The Morgan fingerprint density at radius 1 is 1.03 bits per heavy atom. The van der Waals surface area contributed by atoms with Crippen LogP contribution in [0.15, 0.2) is 30.3 Å². The molecule has 1 aromatic rings. The molecule has 204 valence electrons. The van der Waals surface area contributed by atoms with Gasteiger partial charge in [-0.3, -0.25) is 19.2 Å². The first kappa shape index (κ1) is 29.7. The maximum Gasteiger partial charge on any atom is 0.326 e. The van der Waals surface area contributed by atoms with Gasteiger partial charge < -0.3 is 37.8 Å². The molecule has 0 aliphatic carbocycles. The van der Waals surface area contributed by atoms with E-state index in [0.717, 1.165) is 5.56 Å². The second-order valence-electron chi connectivity index (χ2n) is 9.24. The zero-order valence-corrected chi connectivity index (χ0v) is 20.9. The van der Waals surface area contributed by atoms with Gasteiger partial charge in [0, 0.05) is 13.0 Å². The second kappa shape index (κ2) is 14.9. The fraction of sp³-hybridized carbons (Fsp3) is 0.560. The van der Waals surface area contributed by atoms with Crippen molar-refractivity contribution in [3.8, 4) is 0 Å². The van der Waals surface area contributed by atoms with Crippen LogP contribution in [-0.4, -0.2) is 76.9 Å². The van der Waals surface area contributed by atoms with E-state index >= 15 is 0 Å². The fourth-order valence-corrected chi connectivity index (χ4v) is 4.30. The summed E-state index contributed by atoms with van der Waals surface area (Å²) in [6, 6.07) is 5.11. The molecule has 1 aliphatic rings. The highest BCUT2D eigenvalue weighted by Crippen LogP contribution is 2.20. The summed E-state index contributed by atoms with van der Waals surface area (Å²) in [7, 11) is 0. The van der Waals surface area contributed by atoms with Gasteiger partial charge >= 0.3 is 5.97 Å². The molecule has 4 unspecified atom stereocenters. The molecule has 9 N–H and O–H groups in total. The van der Waals surface area contributed by atoms with Crippen molar-refractivity contribution < 1.29 is 29.1 Å². The van der Waals surface area contributed by atoms with Crippen LogP contribution in [0.25, 0.3) is 0 Å². The summed E-state index contributed by atoms with van der Waals surface area (Å²) in [5.74, 6) is -3.50. The molecule has 4 amide bonds. The van der Waals surface area contributed by atoms with Gasteiger partial charge in [-0.25, -0.2) is 4.79 Å². The molecule has 0 spiro atoms. The van der Waals surface area contributed by atoms with Gasteiger partial charge in [-0.2, -0.15) is 0 Å². The van der Waals surface area contributed by atoms with E-state index in [4.69, 9.17) is 17.2 Å². The van der Waals surface area contributed by atoms with E-state index in [2.05, 4.69) is 10.6 Å². The van der Waals surface area contributed by atoms with E-state index in [9.17, 15) is 29.1 Å². The number of carbonyl (C=O) groups excluding carboxylic acids is 4. The second-order valence-corrected chi connectivity index (χ2v) is 9.24. The molecule has 2 rings (SSSR count). The molecule has 0 saturated carbocycles. The summed E-state index contributed by atoms with van der Waals surface area (Å²) in [4.78, 5) is 63.5. The third kappa shape index (κ3) is 9.47. The van der Waals surface area contributed by atoms with Crippen molar-refractivity contribution in [2.75, 3.05) is 13.1 Å². The van der Waals surface area contributed by atoms with Crippen molar-refractivity contribution in [1.29, 1.82) is 0 Å². The number of nitrogens with one attached hydrogen (secondary N) is 2. The topological polar surface area (TPSA) is 211 Å². The summed E-state index contributed by atoms with van der Waals surface area (Å²) in [6.07, 6.45) is 2.29. The lowest BCUT2D eigenvalue weighted by Crippen LogP contribution is -2.57. The number of primary amides is 1. The third-order valence-electron chi connectivity index (χ3n) is 6.33. The highest BCUT2D eigenvalue weighted by atomic mass is 16.4. The standard InChI is InChI=1S/C25H38N6O6/c26-13-5-4-9-19(25(36)37)30-23(34)20-10-6-14-31(20)24(35)18(11-12-21(28)32)29-22(33)17(27)15-16-7-2-1-3-8-16/h1-3,7-8,17-20H,4-6,9-15,26-27H2,(H2,28,32)(H,29,33)(H,30,34)(H,36,37).